The van der Waals surface area contributed by atoms with Gasteiger partial charge in [-0.05, 0) is 36.6 Å². The molecule has 122 valence electrons. The van der Waals surface area contributed by atoms with E-state index in [2.05, 4.69) is 32.9 Å². The average molecular weight is 320 g/mol. The van der Waals surface area contributed by atoms with E-state index in [1.54, 1.807) is 6.21 Å². The Morgan fingerprint density at radius 2 is 2.00 bits per heavy atom. The van der Waals surface area contributed by atoms with Gasteiger partial charge in [-0.15, -0.1) is 0 Å². The fourth-order valence-corrected chi connectivity index (χ4v) is 2.77. The minimum Gasteiger partial charge on any atom is -0.282 e. The fourth-order valence-electron chi connectivity index (χ4n) is 2.77. The number of hydrazone groups is 1. The Hall–Kier alpha value is -2.95. The van der Waals surface area contributed by atoms with E-state index in [1.165, 1.54) is 0 Å². The Morgan fingerprint density at radius 1 is 1.21 bits per heavy atom. The second-order valence-electron chi connectivity index (χ2n) is 5.77. The van der Waals surface area contributed by atoms with Crippen LogP contribution in [0.4, 0.5) is 0 Å². The molecular formula is C19H20N4O. The molecule has 0 radical (unpaired) electrons. The smallest absolute Gasteiger partial charge is 0.240 e. The number of H-pyrrole nitrogens is 1. The molecule has 2 N–H and O–H groups in total. The monoisotopic (exact) mass is 320 g/mol. The molecule has 5 nitrogen and oxygen atoms in total. The average Bonchev–Trinajstić information content (AvgIpc) is 2.91. The summed E-state index contributed by atoms with van der Waals surface area (Å²) < 4.78 is 0. The van der Waals surface area contributed by atoms with Crippen LogP contribution in [0.1, 0.15) is 28.9 Å². The number of aryl methyl sites for hydroxylation is 2. The van der Waals surface area contributed by atoms with Crippen LogP contribution in [0.25, 0.3) is 10.8 Å². The van der Waals surface area contributed by atoms with E-state index in [-0.39, 0.29) is 5.91 Å². The van der Waals surface area contributed by atoms with Gasteiger partial charge in [-0.1, -0.05) is 42.5 Å². The lowest BCUT2D eigenvalue weighted by atomic mass is 10.1. The van der Waals surface area contributed by atoms with Crippen molar-refractivity contribution in [2.24, 2.45) is 5.10 Å². The molecule has 2 aromatic carbocycles. The Labute approximate surface area is 140 Å². The summed E-state index contributed by atoms with van der Waals surface area (Å²) in [6.45, 7) is 3.90. The van der Waals surface area contributed by atoms with Crippen molar-refractivity contribution in [1.82, 2.24) is 15.6 Å². The molecule has 3 aromatic rings. The molecule has 0 unspecified atom stereocenters. The lowest BCUT2D eigenvalue weighted by molar-refractivity contribution is -0.121. The molecule has 0 saturated heterocycles. The number of amides is 1. The van der Waals surface area contributed by atoms with Crippen molar-refractivity contribution in [3.8, 4) is 0 Å². The van der Waals surface area contributed by atoms with E-state index < -0.39 is 0 Å². The van der Waals surface area contributed by atoms with E-state index in [1.807, 2.05) is 44.2 Å². The van der Waals surface area contributed by atoms with Gasteiger partial charge in [-0.3, -0.25) is 9.89 Å². The van der Waals surface area contributed by atoms with Crippen LogP contribution in [0.15, 0.2) is 47.6 Å². The van der Waals surface area contributed by atoms with E-state index >= 15 is 0 Å². The van der Waals surface area contributed by atoms with E-state index in [0.29, 0.717) is 12.8 Å². The Morgan fingerprint density at radius 3 is 2.79 bits per heavy atom. The van der Waals surface area contributed by atoms with Gasteiger partial charge in [0.1, 0.15) is 0 Å². The maximum atomic E-state index is 12.0. The third-order valence-corrected chi connectivity index (χ3v) is 4.10. The molecule has 0 spiro atoms. The second-order valence-corrected chi connectivity index (χ2v) is 5.77. The highest BCUT2D eigenvalue weighted by molar-refractivity contribution is 5.99. The minimum atomic E-state index is -0.105. The standard InChI is InChI=1S/C19H20N4O/c1-13-17(14(2)22-21-13)10-11-19(24)23-20-12-16-8-5-7-15-6-3-4-9-18(15)16/h3-9,12H,10-11H2,1-2H3,(H,21,22)(H,23,24)/b20-12-. The Kier molecular flexibility index (Phi) is 4.70. The Balaban J connectivity index is 1.60. The summed E-state index contributed by atoms with van der Waals surface area (Å²) >= 11 is 0. The van der Waals surface area contributed by atoms with Crippen LogP contribution in [0.3, 0.4) is 0 Å². The summed E-state index contributed by atoms with van der Waals surface area (Å²) in [6, 6.07) is 14.1. The lowest BCUT2D eigenvalue weighted by Gasteiger charge is -2.03. The quantitative estimate of drug-likeness (QED) is 0.559. The number of fused-ring (bicyclic) bond motifs is 1. The van der Waals surface area contributed by atoms with Gasteiger partial charge in [0.05, 0.1) is 11.9 Å². The lowest BCUT2D eigenvalue weighted by Crippen LogP contribution is -2.18. The van der Waals surface area contributed by atoms with Crippen molar-refractivity contribution in [2.45, 2.75) is 26.7 Å². The third-order valence-electron chi connectivity index (χ3n) is 4.10. The molecular weight excluding hydrogens is 300 g/mol. The predicted octanol–water partition coefficient (Wildman–Crippen LogP) is 3.26. The number of carbonyl (C=O) groups excluding carboxylic acids is 1. The molecule has 0 bridgehead atoms. The molecule has 3 rings (SSSR count). The van der Waals surface area contributed by atoms with Gasteiger partial charge in [-0.2, -0.15) is 10.2 Å². The van der Waals surface area contributed by atoms with E-state index in [9.17, 15) is 4.79 Å². The van der Waals surface area contributed by atoms with Gasteiger partial charge in [0.2, 0.25) is 5.91 Å². The molecule has 0 aliphatic rings. The largest absolute Gasteiger partial charge is 0.282 e. The van der Waals surface area contributed by atoms with Gasteiger partial charge in [0.25, 0.3) is 0 Å². The van der Waals surface area contributed by atoms with Crippen LogP contribution in [-0.2, 0) is 11.2 Å². The van der Waals surface area contributed by atoms with Crippen molar-refractivity contribution in [3.63, 3.8) is 0 Å². The first-order chi connectivity index (χ1) is 11.6. The molecule has 1 amide bonds. The molecule has 0 aliphatic carbocycles. The van der Waals surface area contributed by atoms with Crippen molar-refractivity contribution in [2.75, 3.05) is 0 Å². The predicted molar refractivity (Wildman–Crippen MR) is 96.1 cm³/mol. The zero-order valence-electron chi connectivity index (χ0n) is 13.8. The third kappa shape index (κ3) is 3.51. The number of nitrogens with one attached hydrogen (secondary N) is 2. The highest BCUT2D eigenvalue weighted by Crippen LogP contribution is 2.16. The number of aromatic nitrogens is 2. The van der Waals surface area contributed by atoms with Gasteiger partial charge >= 0.3 is 0 Å². The zero-order chi connectivity index (χ0) is 16.9. The van der Waals surface area contributed by atoms with Crippen molar-refractivity contribution >= 4 is 22.9 Å². The van der Waals surface area contributed by atoms with Gasteiger partial charge in [-0.25, -0.2) is 5.43 Å². The van der Waals surface area contributed by atoms with Gasteiger partial charge in [0, 0.05) is 17.7 Å². The molecule has 0 fully saturated rings. The highest BCUT2D eigenvalue weighted by Gasteiger charge is 2.08. The number of carbonyl (C=O) groups is 1. The normalized spacial score (nSPS) is 11.2. The molecule has 1 aromatic heterocycles. The topological polar surface area (TPSA) is 70.1 Å². The summed E-state index contributed by atoms with van der Waals surface area (Å²) in [6.07, 6.45) is 2.73. The van der Waals surface area contributed by atoms with Crippen LogP contribution in [0, 0.1) is 13.8 Å². The highest BCUT2D eigenvalue weighted by atomic mass is 16.2. The maximum absolute atomic E-state index is 12.0. The van der Waals surface area contributed by atoms with Crippen molar-refractivity contribution in [3.05, 3.63) is 65.0 Å². The number of benzene rings is 2. The SMILES string of the molecule is Cc1n[nH]c(C)c1CCC(=O)N/N=C\c1cccc2ccccc12. The Bertz CT molecular complexity index is 871. The van der Waals surface area contributed by atoms with Crippen LogP contribution >= 0.6 is 0 Å². The zero-order valence-corrected chi connectivity index (χ0v) is 13.8. The molecule has 0 saturated carbocycles. The van der Waals surface area contributed by atoms with Crippen LogP contribution in [-0.4, -0.2) is 22.3 Å². The maximum Gasteiger partial charge on any atom is 0.240 e. The summed E-state index contributed by atoms with van der Waals surface area (Å²) in [4.78, 5) is 12.0. The molecule has 0 atom stereocenters. The van der Waals surface area contributed by atoms with Gasteiger partial charge < -0.3 is 0 Å². The molecule has 1 heterocycles. The molecule has 24 heavy (non-hydrogen) atoms. The molecule has 0 aliphatic heterocycles. The number of hydrogen-bond acceptors (Lipinski definition) is 3. The van der Waals surface area contributed by atoms with Crippen LogP contribution in [0.5, 0.6) is 0 Å². The molecule has 5 heteroatoms. The van der Waals surface area contributed by atoms with E-state index in [0.717, 1.165) is 33.3 Å². The first kappa shape index (κ1) is 15.9. The van der Waals surface area contributed by atoms with Gasteiger partial charge in [0.15, 0.2) is 0 Å². The van der Waals surface area contributed by atoms with Crippen molar-refractivity contribution < 1.29 is 4.79 Å². The number of aromatic amines is 1. The van der Waals surface area contributed by atoms with Crippen LogP contribution < -0.4 is 5.43 Å². The first-order valence-electron chi connectivity index (χ1n) is 7.95. The van der Waals surface area contributed by atoms with Crippen molar-refractivity contribution in [1.29, 1.82) is 0 Å². The summed E-state index contributed by atoms with van der Waals surface area (Å²) in [5.41, 5.74) is 6.64. The number of hydrogen-bond donors (Lipinski definition) is 2. The number of nitrogens with zero attached hydrogens (tertiary/aromatic N) is 2. The summed E-state index contributed by atoms with van der Waals surface area (Å²) in [5.74, 6) is -0.105. The second kappa shape index (κ2) is 7.08. The summed E-state index contributed by atoms with van der Waals surface area (Å²) in [5, 5.41) is 13.4. The fraction of sp³-hybridized carbons (Fsp3) is 0.211. The minimum absolute atomic E-state index is 0.105. The van der Waals surface area contributed by atoms with E-state index in [4.69, 9.17) is 0 Å². The summed E-state index contributed by atoms with van der Waals surface area (Å²) in [7, 11) is 0. The first-order valence-corrected chi connectivity index (χ1v) is 7.95. The number of rotatable bonds is 5. The van der Waals surface area contributed by atoms with Crippen LogP contribution in [0.2, 0.25) is 0 Å².